The quantitative estimate of drug-likeness (QED) is 0.636. The molecule has 3 rings (SSSR count). The number of benzene rings is 2. The van der Waals surface area contributed by atoms with Crippen LogP contribution in [0.3, 0.4) is 0 Å². The fraction of sp³-hybridized carbons (Fsp3) is 0.478. The Labute approximate surface area is 185 Å². The van der Waals surface area contributed by atoms with Crippen LogP contribution in [0.2, 0.25) is 5.02 Å². The zero-order valence-electron chi connectivity index (χ0n) is 17.1. The molecule has 4 nitrogen and oxygen atoms in total. The minimum absolute atomic E-state index is 0. The summed E-state index contributed by atoms with van der Waals surface area (Å²) in [5, 5.41) is 12.7. The zero-order valence-corrected chi connectivity index (χ0v) is 18.7. The third-order valence-electron chi connectivity index (χ3n) is 5.61. The Morgan fingerprint density at radius 3 is 2.28 bits per heavy atom. The van der Waals surface area contributed by atoms with Crippen molar-refractivity contribution in [2.24, 2.45) is 0 Å². The highest BCUT2D eigenvalue weighted by Crippen LogP contribution is 2.42. The molecule has 1 saturated heterocycles. The first-order valence-corrected chi connectivity index (χ1v) is 10.4. The predicted molar refractivity (Wildman–Crippen MR) is 120 cm³/mol. The van der Waals surface area contributed by atoms with E-state index in [1.165, 1.54) is 0 Å². The van der Waals surface area contributed by atoms with Crippen molar-refractivity contribution in [1.29, 1.82) is 0 Å². The van der Waals surface area contributed by atoms with Gasteiger partial charge < -0.3 is 14.6 Å². The zero-order chi connectivity index (χ0) is 20.0. The highest BCUT2D eigenvalue weighted by molar-refractivity contribution is 6.30. The van der Waals surface area contributed by atoms with Crippen molar-refractivity contribution >= 4 is 24.0 Å². The van der Waals surface area contributed by atoms with Crippen LogP contribution in [0.5, 0.6) is 5.75 Å². The summed E-state index contributed by atoms with van der Waals surface area (Å²) >= 11 is 6.13. The van der Waals surface area contributed by atoms with Gasteiger partial charge in [0.05, 0.1) is 25.9 Å². The van der Waals surface area contributed by atoms with Crippen molar-refractivity contribution in [3.05, 3.63) is 64.7 Å². The number of nitrogens with zero attached hydrogens (tertiary/aromatic N) is 1. The molecule has 0 amide bonds. The van der Waals surface area contributed by atoms with Gasteiger partial charge in [0.1, 0.15) is 5.75 Å². The normalized spacial score (nSPS) is 17.8. The summed E-state index contributed by atoms with van der Waals surface area (Å²) < 4.78 is 10.8. The second kappa shape index (κ2) is 11.2. The van der Waals surface area contributed by atoms with Gasteiger partial charge in [-0.3, -0.25) is 4.90 Å². The van der Waals surface area contributed by atoms with Crippen LogP contribution in [-0.4, -0.2) is 50.0 Å². The Kier molecular flexibility index (Phi) is 9.25. The smallest absolute Gasteiger partial charge is 0.118 e. The first-order valence-electron chi connectivity index (χ1n) is 9.99. The maximum Gasteiger partial charge on any atom is 0.118 e. The van der Waals surface area contributed by atoms with Gasteiger partial charge in [-0.25, -0.2) is 0 Å². The number of halogens is 2. The van der Waals surface area contributed by atoms with E-state index in [1.807, 2.05) is 48.5 Å². The van der Waals surface area contributed by atoms with Gasteiger partial charge in [0.15, 0.2) is 0 Å². The van der Waals surface area contributed by atoms with Gasteiger partial charge in [-0.05, 0) is 41.8 Å². The maximum atomic E-state index is 12.0. The summed E-state index contributed by atoms with van der Waals surface area (Å²) in [4.78, 5) is 2.38. The van der Waals surface area contributed by atoms with Crippen LogP contribution in [0.1, 0.15) is 36.8 Å². The van der Waals surface area contributed by atoms with Crippen LogP contribution in [0.4, 0.5) is 0 Å². The van der Waals surface area contributed by atoms with E-state index in [1.54, 1.807) is 7.11 Å². The van der Waals surface area contributed by atoms with Gasteiger partial charge in [0.25, 0.3) is 0 Å². The fourth-order valence-electron chi connectivity index (χ4n) is 4.05. The van der Waals surface area contributed by atoms with Crippen LogP contribution in [0.15, 0.2) is 48.5 Å². The lowest BCUT2D eigenvalue weighted by atomic mass is 9.74. The molecule has 0 bridgehead atoms. The molecule has 2 aromatic rings. The Balaban J connectivity index is 0.00000300. The van der Waals surface area contributed by atoms with Crippen LogP contribution in [0.25, 0.3) is 0 Å². The van der Waals surface area contributed by atoms with Gasteiger partial charge in [-0.1, -0.05) is 49.2 Å². The predicted octanol–water partition coefficient (Wildman–Crippen LogP) is 4.87. The first kappa shape index (κ1) is 24.0. The largest absolute Gasteiger partial charge is 0.497 e. The van der Waals surface area contributed by atoms with Crippen LogP contribution in [0, 0.1) is 0 Å². The van der Waals surface area contributed by atoms with Crippen molar-refractivity contribution in [2.45, 2.75) is 31.3 Å². The molecule has 6 heteroatoms. The van der Waals surface area contributed by atoms with E-state index >= 15 is 0 Å². The molecule has 0 radical (unpaired) electrons. The number of methoxy groups -OCH3 is 1. The van der Waals surface area contributed by atoms with Crippen molar-refractivity contribution < 1.29 is 14.6 Å². The Morgan fingerprint density at radius 1 is 1.10 bits per heavy atom. The maximum absolute atomic E-state index is 12.0. The van der Waals surface area contributed by atoms with Gasteiger partial charge in [-0.2, -0.15) is 0 Å². The Morgan fingerprint density at radius 2 is 1.72 bits per heavy atom. The monoisotopic (exact) mass is 439 g/mol. The molecule has 1 aliphatic rings. The molecule has 29 heavy (non-hydrogen) atoms. The van der Waals surface area contributed by atoms with Gasteiger partial charge in [0.2, 0.25) is 0 Å². The van der Waals surface area contributed by atoms with Crippen LogP contribution < -0.4 is 4.74 Å². The van der Waals surface area contributed by atoms with E-state index in [9.17, 15) is 5.11 Å². The van der Waals surface area contributed by atoms with E-state index in [0.717, 1.165) is 56.1 Å². The second-order valence-electron chi connectivity index (χ2n) is 7.42. The number of hydrogen-bond donors (Lipinski definition) is 1. The third-order valence-corrected chi connectivity index (χ3v) is 5.87. The second-order valence-corrected chi connectivity index (χ2v) is 7.86. The molecule has 2 unspecified atom stereocenters. The molecule has 0 aliphatic carbocycles. The molecule has 0 aromatic heterocycles. The molecule has 160 valence electrons. The minimum atomic E-state index is -0.979. The van der Waals surface area contributed by atoms with Gasteiger partial charge in [-0.15, -0.1) is 12.4 Å². The highest BCUT2D eigenvalue weighted by Gasteiger charge is 2.39. The van der Waals surface area contributed by atoms with E-state index in [4.69, 9.17) is 21.1 Å². The molecule has 2 atom stereocenters. The number of rotatable bonds is 8. The standard InChI is InChI=1S/C23H30ClNO3.ClH/c1-3-12-23(26,19-6-10-21(27-2)11-7-19)22(17-25-13-15-28-16-14-25)18-4-8-20(24)9-5-18;/h4-11,22,26H,3,12-17H2,1-2H3;1H. The SMILES string of the molecule is CCCC(O)(c1ccc(OC)cc1)C(CN1CCOCC1)c1ccc(Cl)cc1.Cl. The highest BCUT2D eigenvalue weighted by atomic mass is 35.5. The Hall–Kier alpha value is -1.30. The summed E-state index contributed by atoms with van der Waals surface area (Å²) in [5.74, 6) is 0.718. The fourth-order valence-corrected chi connectivity index (χ4v) is 4.18. The topological polar surface area (TPSA) is 41.9 Å². The van der Waals surface area contributed by atoms with Crippen molar-refractivity contribution in [1.82, 2.24) is 4.90 Å². The number of ether oxygens (including phenoxy) is 2. The lowest BCUT2D eigenvalue weighted by Crippen LogP contribution is -2.45. The minimum Gasteiger partial charge on any atom is -0.497 e. The number of morpholine rings is 1. The molecule has 0 spiro atoms. The summed E-state index contributed by atoms with van der Waals surface area (Å²) in [6.45, 7) is 6.13. The van der Waals surface area contributed by atoms with Crippen LogP contribution >= 0.6 is 24.0 Å². The third kappa shape index (κ3) is 5.87. The van der Waals surface area contributed by atoms with Gasteiger partial charge in [0, 0.05) is 30.6 Å². The van der Waals surface area contributed by atoms with E-state index < -0.39 is 5.60 Å². The number of aliphatic hydroxyl groups is 1. The van der Waals surface area contributed by atoms with Crippen molar-refractivity contribution in [3.63, 3.8) is 0 Å². The van der Waals surface area contributed by atoms with Crippen molar-refractivity contribution in [3.8, 4) is 5.75 Å². The first-order chi connectivity index (χ1) is 13.6. The van der Waals surface area contributed by atoms with Crippen molar-refractivity contribution in [2.75, 3.05) is 40.0 Å². The molecular formula is C23H31Cl2NO3. The summed E-state index contributed by atoms with van der Waals surface area (Å²) in [7, 11) is 1.65. The lowest BCUT2D eigenvalue weighted by molar-refractivity contribution is -0.0285. The molecule has 1 N–H and O–H groups in total. The molecule has 2 aromatic carbocycles. The van der Waals surface area contributed by atoms with E-state index in [0.29, 0.717) is 11.4 Å². The molecular weight excluding hydrogens is 409 g/mol. The summed E-state index contributed by atoms with van der Waals surface area (Å²) in [6.07, 6.45) is 1.56. The Bertz CT molecular complexity index is 733. The summed E-state index contributed by atoms with van der Waals surface area (Å²) in [6, 6.07) is 15.7. The van der Waals surface area contributed by atoms with E-state index in [-0.39, 0.29) is 18.3 Å². The lowest BCUT2D eigenvalue weighted by Gasteiger charge is -2.41. The summed E-state index contributed by atoms with van der Waals surface area (Å²) in [5.41, 5.74) is 1.04. The van der Waals surface area contributed by atoms with E-state index in [2.05, 4.69) is 11.8 Å². The molecule has 1 fully saturated rings. The molecule has 1 heterocycles. The number of hydrogen-bond acceptors (Lipinski definition) is 4. The molecule has 1 aliphatic heterocycles. The molecule has 0 saturated carbocycles. The average Bonchev–Trinajstić information content (AvgIpc) is 2.74. The van der Waals surface area contributed by atoms with Gasteiger partial charge >= 0.3 is 0 Å². The van der Waals surface area contributed by atoms with Crippen LogP contribution in [-0.2, 0) is 10.3 Å². The average molecular weight is 440 g/mol.